The second-order valence-electron chi connectivity index (χ2n) is 7.01. The molecule has 0 aromatic heterocycles. The molecule has 0 radical (unpaired) electrons. The van der Waals surface area contributed by atoms with Crippen LogP contribution < -0.4 is 4.74 Å². The minimum absolute atomic E-state index is 0.148. The summed E-state index contributed by atoms with van der Waals surface area (Å²) in [4.78, 5) is 4.70. The molecule has 2 aromatic rings. The molecule has 26 heavy (non-hydrogen) atoms. The standard InChI is InChI=1S/C23H27NO2/c1-15(2)26-22-13-12-19(14-16(22)3)23(25-5)24-17(4)20-10-6-8-18-9-7-11-21(18)20/h6,8,10,12-15H,4,7,9,11H2,1-3,5H3. The van der Waals surface area contributed by atoms with Crippen molar-refractivity contribution in [3.8, 4) is 5.75 Å². The largest absolute Gasteiger partial charge is 0.491 e. The van der Waals surface area contributed by atoms with Gasteiger partial charge in [0, 0.05) is 11.1 Å². The molecule has 3 heteroatoms. The number of rotatable bonds is 5. The van der Waals surface area contributed by atoms with E-state index >= 15 is 0 Å². The van der Waals surface area contributed by atoms with E-state index in [1.165, 1.54) is 17.5 Å². The third-order valence-electron chi connectivity index (χ3n) is 4.67. The molecule has 0 heterocycles. The number of aliphatic imine (C=N–C) groups is 1. The molecule has 0 saturated carbocycles. The van der Waals surface area contributed by atoms with Gasteiger partial charge >= 0.3 is 0 Å². The summed E-state index contributed by atoms with van der Waals surface area (Å²) in [5.41, 5.74) is 6.67. The van der Waals surface area contributed by atoms with Gasteiger partial charge in [-0.2, -0.15) is 0 Å². The van der Waals surface area contributed by atoms with Crippen LogP contribution in [-0.2, 0) is 17.6 Å². The van der Waals surface area contributed by atoms with Crippen LogP contribution in [0.1, 0.15) is 48.1 Å². The molecule has 0 N–H and O–H groups in total. The van der Waals surface area contributed by atoms with E-state index in [1.54, 1.807) is 7.11 Å². The molecule has 0 amide bonds. The van der Waals surface area contributed by atoms with Crippen LogP contribution in [0.15, 0.2) is 48.0 Å². The second-order valence-corrected chi connectivity index (χ2v) is 7.01. The fourth-order valence-electron chi connectivity index (χ4n) is 3.47. The fraction of sp³-hybridized carbons (Fsp3) is 0.348. The first-order valence-electron chi connectivity index (χ1n) is 9.20. The average Bonchev–Trinajstić information content (AvgIpc) is 3.09. The van der Waals surface area contributed by atoms with Crippen molar-refractivity contribution in [3.05, 3.63) is 70.8 Å². The van der Waals surface area contributed by atoms with Crippen LogP contribution in [-0.4, -0.2) is 19.1 Å². The quantitative estimate of drug-likeness (QED) is 0.539. The summed E-state index contributed by atoms with van der Waals surface area (Å²) in [5.74, 6) is 1.46. The molecule has 0 fully saturated rings. The SMILES string of the molecule is C=C(N=C(OC)c1ccc(OC(C)C)c(C)c1)c1cccc2c1CCC2. The van der Waals surface area contributed by atoms with Gasteiger partial charge in [-0.3, -0.25) is 0 Å². The number of benzene rings is 2. The number of hydrogen-bond donors (Lipinski definition) is 0. The van der Waals surface area contributed by atoms with Crippen LogP contribution in [0.4, 0.5) is 0 Å². The van der Waals surface area contributed by atoms with Gasteiger partial charge in [-0.1, -0.05) is 24.8 Å². The van der Waals surface area contributed by atoms with E-state index in [4.69, 9.17) is 14.5 Å². The second kappa shape index (κ2) is 7.77. The Morgan fingerprint density at radius 3 is 2.65 bits per heavy atom. The molecule has 2 aromatic carbocycles. The molecule has 0 spiro atoms. The predicted octanol–water partition coefficient (Wildman–Crippen LogP) is 5.33. The van der Waals surface area contributed by atoms with Crippen LogP contribution >= 0.6 is 0 Å². The van der Waals surface area contributed by atoms with Crippen LogP contribution in [0.5, 0.6) is 5.75 Å². The Morgan fingerprint density at radius 1 is 1.15 bits per heavy atom. The number of hydrogen-bond acceptors (Lipinski definition) is 3. The van der Waals surface area contributed by atoms with Crippen LogP contribution in [0.25, 0.3) is 5.70 Å². The smallest absolute Gasteiger partial charge is 0.221 e. The van der Waals surface area contributed by atoms with Crippen molar-refractivity contribution in [2.24, 2.45) is 4.99 Å². The first-order valence-corrected chi connectivity index (χ1v) is 9.20. The Hall–Kier alpha value is -2.55. The number of nitrogens with zero attached hydrogens (tertiary/aromatic N) is 1. The predicted molar refractivity (Wildman–Crippen MR) is 108 cm³/mol. The van der Waals surface area contributed by atoms with Crippen molar-refractivity contribution in [3.63, 3.8) is 0 Å². The van der Waals surface area contributed by atoms with Crippen LogP contribution in [0.3, 0.4) is 0 Å². The van der Waals surface area contributed by atoms with Crippen molar-refractivity contribution in [2.75, 3.05) is 7.11 Å². The average molecular weight is 349 g/mol. The summed E-state index contributed by atoms with van der Waals surface area (Å²) < 4.78 is 11.4. The molecule has 1 aliphatic carbocycles. The summed E-state index contributed by atoms with van der Waals surface area (Å²) >= 11 is 0. The van der Waals surface area contributed by atoms with Gasteiger partial charge in [-0.25, -0.2) is 4.99 Å². The zero-order valence-electron chi connectivity index (χ0n) is 16.1. The highest BCUT2D eigenvalue weighted by atomic mass is 16.5. The monoisotopic (exact) mass is 349 g/mol. The molecule has 0 saturated heterocycles. The molecule has 136 valence electrons. The fourth-order valence-corrected chi connectivity index (χ4v) is 3.47. The molecule has 3 rings (SSSR count). The Bertz CT molecular complexity index is 849. The van der Waals surface area contributed by atoms with Crippen molar-refractivity contribution in [2.45, 2.75) is 46.1 Å². The lowest BCUT2D eigenvalue weighted by Crippen LogP contribution is -2.09. The summed E-state index contributed by atoms with van der Waals surface area (Å²) in [6, 6.07) is 12.4. The zero-order chi connectivity index (χ0) is 18.7. The normalized spacial score (nSPS) is 13.7. The lowest BCUT2D eigenvalue weighted by molar-refractivity contribution is 0.241. The van der Waals surface area contributed by atoms with Gasteiger partial charge in [-0.15, -0.1) is 0 Å². The lowest BCUT2D eigenvalue weighted by Gasteiger charge is -2.14. The summed E-state index contributed by atoms with van der Waals surface area (Å²) in [6.45, 7) is 10.3. The highest BCUT2D eigenvalue weighted by Gasteiger charge is 2.16. The van der Waals surface area contributed by atoms with Crippen LogP contribution in [0.2, 0.25) is 0 Å². The molecular formula is C23H27NO2. The van der Waals surface area contributed by atoms with Crippen LogP contribution in [0, 0.1) is 6.92 Å². The van der Waals surface area contributed by atoms with Crippen molar-refractivity contribution in [1.29, 1.82) is 0 Å². The molecular weight excluding hydrogens is 322 g/mol. The van der Waals surface area contributed by atoms with Gasteiger partial charge in [0.1, 0.15) is 5.75 Å². The van der Waals surface area contributed by atoms with E-state index in [2.05, 4.69) is 24.8 Å². The highest BCUT2D eigenvalue weighted by molar-refractivity contribution is 5.97. The zero-order valence-corrected chi connectivity index (χ0v) is 16.1. The van der Waals surface area contributed by atoms with E-state index in [0.717, 1.165) is 41.0 Å². The summed E-state index contributed by atoms with van der Waals surface area (Å²) in [5, 5.41) is 0. The van der Waals surface area contributed by atoms with Gasteiger partial charge in [0.25, 0.3) is 0 Å². The lowest BCUT2D eigenvalue weighted by atomic mass is 10.0. The van der Waals surface area contributed by atoms with Gasteiger partial charge in [0.2, 0.25) is 5.90 Å². The van der Waals surface area contributed by atoms with Crippen molar-refractivity contribution < 1.29 is 9.47 Å². The minimum Gasteiger partial charge on any atom is -0.491 e. The maximum absolute atomic E-state index is 5.82. The number of methoxy groups -OCH3 is 1. The maximum atomic E-state index is 5.82. The molecule has 0 unspecified atom stereocenters. The summed E-state index contributed by atoms with van der Waals surface area (Å²) in [7, 11) is 1.65. The minimum atomic E-state index is 0.148. The van der Waals surface area contributed by atoms with Gasteiger partial charge in [0.05, 0.1) is 18.9 Å². The number of fused-ring (bicyclic) bond motifs is 1. The Balaban J connectivity index is 1.90. The molecule has 1 aliphatic rings. The Kier molecular flexibility index (Phi) is 5.46. The van der Waals surface area contributed by atoms with E-state index in [-0.39, 0.29) is 6.10 Å². The molecule has 0 bridgehead atoms. The van der Waals surface area contributed by atoms with Crippen molar-refractivity contribution in [1.82, 2.24) is 0 Å². The molecule has 0 aliphatic heterocycles. The van der Waals surface area contributed by atoms with Crippen molar-refractivity contribution >= 4 is 11.6 Å². The van der Waals surface area contributed by atoms with E-state index in [0.29, 0.717) is 5.90 Å². The first kappa shape index (κ1) is 18.2. The number of aryl methyl sites for hydroxylation is 2. The van der Waals surface area contributed by atoms with E-state index < -0.39 is 0 Å². The third-order valence-corrected chi connectivity index (χ3v) is 4.67. The van der Waals surface area contributed by atoms with E-state index in [9.17, 15) is 0 Å². The van der Waals surface area contributed by atoms with Gasteiger partial charge in [-0.05, 0) is 74.9 Å². The van der Waals surface area contributed by atoms with E-state index in [1.807, 2.05) is 39.0 Å². The maximum Gasteiger partial charge on any atom is 0.221 e. The van der Waals surface area contributed by atoms with Gasteiger partial charge in [0.15, 0.2) is 0 Å². The third kappa shape index (κ3) is 3.82. The Labute approximate surface area is 156 Å². The highest BCUT2D eigenvalue weighted by Crippen LogP contribution is 2.30. The van der Waals surface area contributed by atoms with Gasteiger partial charge < -0.3 is 9.47 Å². The number of ether oxygens (including phenoxy) is 2. The first-order chi connectivity index (χ1) is 12.5. The molecule has 0 atom stereocenters. The topological polar surface area (TPSA) is 30.8 Å². The molecule has 3 nitrogen and oxygen atoms in total. The Morgan fingerprint density at radius 2 is 1.96 bits per heavy atom. The summed E-state index contributed by atoms with van der Waals surface area (Å²) in [6.07, 6.45) is 3.60.